The van der Waals surface area contributed by atoms with Crippen molar-refractivity contribution in [1.82, 2.24) is 14.7 Å². The third-order valence-electron chi connectivity index (χ3n) is 2.85. The van der Waals surface area contributed by atoms with Crippen LogP contribution >= 0.6 is 0 Å². The summed E-state index contributed by atoms with van der Waals surface area (Å²) in [6.07, 6.45) is -0.450. The van der Waals surface area contributed by atoms with Gasteiger partial charge in [0.05, 0.1) is 18.3 Å². The zero-order valence-corrected chi connectivity index (χ0v) is 12.3. The minimum atomic E-state index is -0.450. The van der Waals surface area contributed by atoms with Crippen LogP contribution in [-0.2, 0) is 11.8 Å². The maximum absolute atomic E-state index is 12.0. The molecule has 0 aromatic carbocycles. The minimum Gasteiger partial charge on any atom is -0.392 e. The summed E-state index contributed by atoms with van der Waals surface area (Å²) in [5.74, 6) is 0.584. The number of aromatic nitrogens is 2. The second kappa shape index (κ2) is 6.68. The molecule has 0 saturated heterocycles. The molecule has 19 heavy (non-hydrogen) atoms. The standard InChI is InChI=1S/C13H24N4O2/c1-9(2)17(7-11(4)18)8-13(19)14-12-6-10(3)15-16(12)5/h6,9,11,18H,7-8H2,1-5H3,(H,14,19). The van der Waals surface area contributed by atoms with Crippen LogP contribution in [0.2, 0.25) is 0 Å². The van der Waals surface area contributed by atoms with E-state index in [1.807, 2.05) is 31.7 Å². The summed E-state index contributed by atoms with van der Waals surface area (Å²) in [4.78, 5) is 13.9. The molecule has 1 aromatic heterocycles. The molecule has 1 atom stereocenters. The fraction of sp³-hybridized carbons (Fsp3) is 0.692. The normalized spacial score (nSPS) is 13.1. The van der Waals surface area contributed by atoms with E-state index in [0.29, 0.717) is 12.4 Å². The summed E-state index contributed by atoms with van der Waals surface area (Å²) in [5.41, 5.74) is 0.863. The van der Waals surface area contributed by atoms with E-state index in [2.05, 4.69) is 10.4 Å². The molecule has 1 rings (SSSR count). The van der Waals surface area contributed by atoms with Crippen LogP contribution < -0.4 is 5.32 Å². The van der Waals surface area contributed by atoms with E-state index in [-0.39, 0.29) is 18.5 Å². The van der Waals surface area contributed by atoms with Crippen LogP contribution in [0.4, 0.5) is 5.82 Å². The summed E-state index contributed by atoms with van der Waals surface area (Å²) >= 11 is 0. The van der Waals surface area contributed by atoms with Crippen LogP contribution in [0, 0.1) is 6.92 Å². The van der Waals surface area contributed by atoms with Crippen molar-refractivity contribution in [3.05, 3.63) is 11.8 Å². The van der Waals surface area contributed by atoms with Gasteiger partial charge >= 0.3 is 0 Å². The van der Waals surface area contributed by atoms with Gasteiger partial charge in [-0.25, -0.2) is 0 Å². The number of aryl methyl sites for hydroxylation is 2. The first-order valence-electron chi connectivity index (χ1n) is 6.52. The second-order valence-electron chi connectivity index (χ2n) is 5.21. The van der Waals surface area contributed by atoms with E-state index >= 15 is 0 Å². The molecular weight excluding hydrogens is 244 g/mol. The van der Waals surface area contributed by atoms with E-state index in [0.717, 1.165) is 5.69 Å². The average molecular weight is 268 g/mol. The van der Waals surface area contributed by atoms with Gasteiger partial charge in [-0.15, -0.1) is 0 Å². The lowest BCUT2D eigenvalue weighted by atomic mass is 10.2. The smallest absolute Gasteiger partial charge is 0.239 e. The van der Waals surface area contributed by atoms with E-state index < -0.39 is 6.10 Å². The highest BCUT2D eigenvalue weighted by Gasteiger charge is 2.16. The number of aliphatic hydroxyl groups is 1. The van der Waals surface area contributed by atoms with Crippen LogP contribution in [0.3, 0.4) is 0 Å². The fourth-order valence-electron chi connectivity index (χ4n) is 1.89. The highest BCUT2D eigenvalue weighted by molar-refractivity contribution is 5.91. The van der Waals surface area contributed by atoms with E-state index in [1.165, 1.54) is 0 Å². The molecule has 1 unspecified atom stereocenters. The van der Waals surface area contributed by atoms with Gasteiger partial charge in [0.2, 0.25) is 5.91 Å². The summed E-state index contributed by atoms with van der Waals surface area (Å²) < 4.78 is 1.64. The number of hydrogen-bond donors (Lipinski definition) is 2. The number of nitrogens with one attached hydrogen (secondary N) is 1. The van der Waals surface area contributed by atoms with Crippen LogP contribution in [0.1, 0.15) is 26.5 Å². The Morgan fingerprint density at radius 2 is 2.16 bits per heavy atom. The number of aliphatic hydroxyl groups excluding tert-OH is 1. The average Bonchev–Trinajstić information content (AvgIpc) is 2.55. The highest BCUT2D eigenvalue weighted by Crippen LogP contribution is 2.08. The van der Waals surface area contributed by atoms with Crippen molar-refractivity contribution in [3.63, 3.8) is 0 Å². The third-order valence-corrected chi connectivity index (χ3v) is 2.85. The molecule has 6 nitrogen and oxygen atoms in total. The monoisotopic (exact) mass is 268 g/mol. The van der Waals surface area contributed by atoms with Gasteiger partial charge in [0.1, 0.15) is 5.82 Å². The summed E-state index contributed by atoms with van der Waals surface area (Å²) in [5, 5.41) is 16.4. The van der Waals surface area contributed by atoms with Crippen molar-refractivity contribution >= 4 is 11.7 Å². The van der Waals surface area contributed by atoms with E-state index in [9.17, 15) is 9.90 Å². The first-order chi connectivity index (χ1) is 8.79. The fourth-order valence-corrected chi connectivity index (χ4v) is 1.89. The Balaban J connectivity index is 2.60. The predicted octanol–water partition coefficient (Wildman–Crippen LogP) is 0.758. The number of rotatable bonds is 6. The Morgan fingerprint density at radius 1 is 1.53 bits per heavy atom. The molecule has 1 heterocycles. The van der Waals surface area contributed by atoms with Gasteiger partial charge in [-0.1, -0.05) is 0 Å². The molecule has 0 aliphatic heterocycles. The molecule has 0 bridgehead atoms. The van der Waals surface area contributed by atoms with E-state index in [1.54, 1.807) is 18.7 Å². The van der Waals surface area contributed by atoms with Crippen molar-refractivity contribution < 1.29 is 9.90 Å². The van der Waals surface area contributed by atoms with Gasteiger partial charge in [-0.3, -0.25) is 14.4 Å². The van der Waals surface area contributed by atoms with Crippen molar-refractivity contribution in [2.24, 2.45) is 7.05 Å². The number of amides is 1. The summed E-state index contributed by atoms with van der Waals surface area (Å²) in [7, 11) is 1.79. The second-order valence-corrected chi connectivity index (χ2v) is 5.21. The lowest BCUT2D eigenvalue weighted by Gasteiger charge is -2.26. The Bertz CT molecular complexity index is 426. The molecule has 0 aliphatic carbocycles. The molecule has 0 spiro atoms. The molecule has 0 fully saturated rings. The topological polar surface area (TPSA) is 70.4 Å². The molecule has 108 valence electrons. The Morgan fingerprint density at radius 3 is 2.58 bits per heavy atom. The van der Waals surface area contributed by atoms with Crippen LogP contribution in [0.5, 0.6) is 0 Å². The molecule has 0 radical (unpaired) electrons. The van der Waals surface area contributed by atoms with Gasteiger partial charge in [0, 0.05) is 25.7 Å². The summed E-state index contributed by atoms with van der Waals surface area (Å²) in [6, 6.07) is 2.03. The van der Waals surface area contributed by atoms with Crippen molar-refractivity contribution in [3.8, 4) is 0 Å². The van der Waals surface area contributed by atoms with Gasteiger partial charge in [0.15, 0.2) is 0 Å². The Labute approximate surface area is 114 Å². The zero-order chi connectivity index (χ0) is 14.6. The van der Waals surface area contributed by atoms with Crippen molar-refractivity contribution in [2.45, 2.75) is 39.8 Å². The van der Waals surface area contributed by atoms with Gasteiger partial charge in [0.25, 0.3) is 0 Å². The lowest BCUT2D eigenvalue weighted by Crippen LogP contribution is -2.42. The quantitative estimate of drug-likeness (QED) is 0.799. The maximum Gasteiger partial charge on any atom is 0.239 e. The Kier molecular flexibility index (Phi) is 5.50. The number of nitrogens with zero attached hydrogens (tertiary/aromatic N) is 3. The third kappa shape index (κ3) is 5.00. The van der Waals surface area contributed by atoms with Gasteiger partial charge < -0.3 is 10.4 Å². The molecule has 1 aromatic rings. The number of anilines is 1. The van der Waals surface area contributed by atoms with E-state index in [4.69, 9.17) is 0 Å². The van der Waals surface area contributed by atoms with Crippen LogP contribution in [0.25, 0.3) is 0 Å². The van der Waals surface area contributed by atoms with Gasteiger partial charge in [-0.2, -0.15) is 5.10 Å². The van der Waals surface area contributed by atoms with Crippen LogP contribution in [0.15, 0.2) is 6.07 Å². The molecule has 2 N–H and O–H groups in total. The number of carbonyl (C=O) groups is 1. The first kappa shape index (κ1) is 15.7. The molecule has 0 aliphatic rings. The lowest BCUT2D eigenvalue weighted by molar-refractivity contribution is -0.118. The largest absolute Gasteiger partial charge is 0.392 e. The zero-order valence-electron chi connectivity index (χ0n) is 12.3. The highest BCUT2D eigenvalue weighted by atomic mass is 16.3. The molecule has 0 saturated carbocycles. The molecule has 6 heteroatoms. The molecule has 1 amide bonds. The number of carbonyl (C=O) groups excluding carboxylic acids is 1. The van der Waals surface area contributed by atoms with Crippen molar-refractivity contribution in [1.29, 1.82) is 0 Å². The predicted molar refractivity (Wildman–Crippen MR) is 75.0 cm³/mol. The summed E-state index contributed by atoms with van der Waals surface area (Å²) in [6.45, 7) is 8.34. The minimum absolute atomic E-state index is 0.0997. The number of hydrogen-bond acceptors (Lipinski definition) is 4. The van der Waals surface area contributed by atoms with Gasteiger partial charge in [-0.05, 0) is 27.7 Å². The van der Waals surface area contributed by atoms with Crippen molar-refractivity contribution in [2.75, 3.05) is 18.4 Å². The first-order valence-corrected chi connectivity index (χ1v) is 6.52. The SMILES string of the molecule is Cc1cc(NC(=O)CN(CC(C)O)C(C)C)n(C)n1. The maximum atomic E-state index is 12.0. The van der Waals surface area contributed by atoms with Crippen LogP contribution in [-0.4, -0.2) is 50.9 Å². The Hall–Kier alpha value is -1.40. The molecular formula is C13H24N4O2.